The Kier molecular flexibility index (Phi) is 5.57. The SMILES string of the molecule is CC(=O)SCC(=O)c1ccc(NS(=O)(=O)c2ccc3ncccc3c2)cc1. The van der Waals surface area contributed by atoms with E-state index in [1.807, 2.05) is 0 Å². The quantitative estimate of drug-likeness (QED) is 0.637. The van der Waals surface area contributed by atoms with Crippen LogP contribution in [0.15, 0.2) is 65.7 Å². The van der Waals surface area contributed by atoms with Crippen LogP contribution in [0.25, 0.3) is 10.9 Å². The van der Waals surface area contributed by atoms with E-state index < -0.39 is 10.0 Å². The molecule has 3 aromatic rings. The van der Waals surface area contributed by atoms with Crippen molar-refractivity contribution in [3.05, 3.63) is 66.4 Å². The standard InChI is InChI=1S/C19H16N2O4S2/c1-13(22)26-12-19(23)14-4-6-16(7-5-14)21-27(24,25)17-8-9-18-15(11-17)3-2-10-20-18/h2-11,21H,12H2,1H3. The second kappa shape index (κ2) is 7.89. The van der Waals surface area contributed by atoms with Crippen LogP contribution in [0.3, 0.4) is 0 Å². The summed E-state index contributed by atoms with van der Waals surface area (Å²) >= 11 is 0.942. The van der Waals surface area contributed by atoms with Crippen LogP contribution in [0.1, 0.15) is 17.3 Å². The van der Waals surface area contributed by atoms with Crippen LogP contribution in [0.4, 0.5) is 5.69 Å². The molecular formula is C19H16N2O4S2. The largest absolute Gasteiger partial charge is 0.293 e. The van der Waals surface area contributed by atoms with Gasteiger partial charge in [-0.2, -0.15) is 0 Å². The summed E-state index contributed by atoms with van der Waals surface area (Å²) in [5.74, 6) is -0.127. The number of aromatic nitrogens is 1. The Bertz CT molecular complexity index is 1110. The molecule has 0 amide bonds. The van der Waals surface area contributed by atoms with Crippen molar-refractivity contribution in [1.29, 1.82) is 0 Å². The molecule has 0 unspecified atom stereocenters. The van der Waals surface area contributed by atoms with Gasteiger partial charge in [-0.1, -0.05) is 17.8 Å². The summed E-state index contributed by atoms with van der Waals surface area (Å²) in [5.41, 5.74) is 1.48. The van der Waals surface area contributed by atoms with Crippen LogP contribution in [0.2, 0.25) is 0 Å². The summed E-state index contributed by atoms with van der Waals surface area (Å²) in [5, 5.41) is 0.600. The number of pyridine rings is 1. The monoisotopic (exact) mass is 400 g/mol. The highest BCUT2D eigenvalue weighted by Gasteiger charge is 2.15. The summed E-state index contributed by atoms with van der Waals surface area (Å²) in [6, 6.07) is 14.3. The molecule has 0 spiro atoms. The Morgan fingerprint density at radius 1 is 1.07 bits per heavy atom. The summed E-state index contributed by atoms with van der Waals surface area (Å²) in [4.78, 5) is 27.2. The number of thioether (sulfide) groups is 1. The van der Waals surface area contributed by atoms with Gasteiger partial charge in [0.1, 0.15) is 0 Å². The molecule has 0 saturated carbocycles. The molecule has 0 radical (unpaired) electrons. The fourth-order valence-corrected chi connectivity index (χ4v) is 4.00. The summed E-state index contributed by atoms with van der Waals surface area (Å²) in [6.45, 7) is 1.40. The van der Waals surface area contributed by atoms with E-state index in [1.54, 1.807) is 30.5 Å². The van der Waals surface area contributed by atoms with Gasteiger partial charge >= 0.3 is 0 Å². The van der Waals surface area contributed by atoms with E-state index in [0.29, 0.717) is 16.8 Å². The highest BCUT2D eigenvalue weighted by atomic mass is 32.2. The van der Waals surface area contributed by atoms with Crippen molar-refractivity contribution in [2.45, 2.75) is 11.8 Å². The lowest BCUT2D eigenvalue weighted by atomic mass is 10.1. The first-order valence-corrected chi connectivity index (χ1v) is 10.5. The van der Waals surface area contributed by atoms with E-state index in [0.717, 1.165) is 17.1 Å². The van der Waals surface area contributed by atoms with E-state index in [2.05, 4.69) is 9.71 Å². The third-order valence-electron chi connectivity index (χ3n) is 3.75. The van der Waals surface area contributed by atoms with Gasteiger partial charge in [0.2, 0.25) is 0 Å². The molecule has 27 heavy (non-hydrogen) atoms. The van der Waals surface area contributed by atoms with Gasteiger partial charge in [-0.3, -0.25) is 19.3 Å². The van der Waals surface area contributed by atoms with Gasteiger partial charge in [0.05, 0.1) is 16.2 Å². The number of nitrogens with one attached hydrogen (secondary N) is 1. The van der Waals surface area contributed by atoms with Crippen LogP contribution >= 0.6 is 11.8 Å². The van der Waals surface area contributed by atoms with E-state index in [9.17, 15) is 18.0 Å². The molecular weight excluding hydrogens is 384 g/mol. The Morgan fingerprint density at radius 3 is 2.52 bits per heavy atom. The highest BCUT2D eigenvalue weighted by Crippen LogP contribution is 2.21. The number of hydrogen-bond acceptors (Lipinski definition) is 6. The molecule has 0 aliphatic rings. The molecule has 1 heterocycles. The van der Waals surface area contributed by atoms with Crippen molar-refractivity contribution < 1.29 is 18.0 Å². The fraction of sp³-hybridized carbons (Fsp3) is 0.105. The van der Waals surface area contributed by atoms with Gasteiger partial charge in [-0.15, -0.1) is 0 Å². The minimum atomic E-state index is -3.77. The van der Waals surface area contributed by atoms with Gasteiger partial charge in [0.25, 0.3) is 10.0 Å². The van der Waals surface area contributed by atoms with Crippen molar-refractivity contribution in [2.24, 2.45) is 0 Å². The minimum absolute atomic E-state index is 0.0610. The molecule has 138 valence electrons. The lowest BCUT2D eigenvalue weighted by Crippen LogP contribution is -2.13. The second-order valence-corrected chi connectivity index (χ2v) is 8.58. The van der Waals surface area contributed by atoms with Gasteiger partial charge in [-0.25, -0.2) is 8.42 Å². The number of rotatable bonds is 6. The van der Waals surface area contributed by atoms with Gasteiger partial charge in [0, 0.05) is 29.8 Å². The predicted octanol–water partition coefficient (Wildman–Crippen LogP) is 3.50. The minimum Gasteiger partial charge on any atom is -0.293 e. The van der Waals surface area contributed by atoms with E-state index in [4.69, 9.17) is 0 Å². The van der Waals surface area contributed by atoms with E-state index in [-0.39, 0.29) is 21.5 Å². The van der Waals surface area contributed by atoms with Gasteiger partial charge < -0.3 is 0 Å². The molecule has 0 aliphatic carbocycles. The number of sulfonamides is 1. The lowest BCUT2D eigenvalue weighted by molar-refractivity contribution is -0.109. The van der Waals surface area contributed by atoms with E-state index in [1.165, 1.54) is 37.3 Å². The smallest absolute Gasteiger partial charge is 0.261 e. The number of carbonyl (C=O) groups excluding carboxylic acids is 2. The topological polar surface area (TPSA) is 93.2 Å². The van der Waals surface area contributed by atoms with Crippen LogP contribution in [0, 0.1) is 0 Å². The second-order valence-electron chi connectivity index (χ2n) is 5.74. The van der Waals surface area contributed by atoms with Crippen molar-refractivity contribution in [3.8, 4) is 0 Å². The number of fused-ring (bicyclic) bond motifs is 1. The van der Waals surface area contributed by atoms with Gasteiger partial charge in [0.15, 0.2) is 10.9 Å². The van der Waals surface area contributed by atoms with Crippen LogP contribution in [-0.4, -0.2) is 30.1 Å². The number of anilines is 1. The van der Waals surface area contributed by atoms with Crippen LogP contribution in [0.5, 0.6) is 0 Å². The number of nitrogens with zero attached hydrogens (tertiary/aromatic N) is 1. The van der Waals surface area contributed by atoms with Crippen LogP contribution in [-0.2, 0) is 14.8 Å². The Morgan fingerprint density at radius 2 is 1.81 bits per heavy atom. The van der Waals surface area contributed by atoms with Crippen molar-refractivity contribution in [3.63, 3.8) is 0 Å². The summed E-state index contributed by atoms with van der Waals surface area (Å²) in [7, 11) is -3.77. The molecule has 0 bridgehead atoms. The Labute approximate surface area is 161 Å². The molecule has 0 fully saturated rings. The average molecular weight is 400 g/mol. The van der Waals surface area contributed by atoms with Gasteiger partial charge in [-0.05, 0) is 48.5 Å². The molecule has 3 rings (SSSR count). The average Bonchev–Trinajstić information content (AvgIpc) is 2.66. The maximum atomic E-state index is 12.6. The molecule has 1 N–H and O–H groups in total. The lowest BCUT2D eigenvalue weighted by Gasteiger charge is -2.09. The number of Topliss-reactive ketones (excluding diaryl/α,β-unsaturated/α-hetero) is 1. The normalized spacial score (nSPS) is 11.3. The third kappa shape index (κ3) is 4.72. The highest BCUT2D eigenvalue weighted by molar-refractivity contribution is 8.14. The molecule has 0 saturated heterocycles. The summed E-state index contributed by atoms with van der Waals surface area (Å²) in [6.07, 6.45) is 1.65. The first-order chi connectivity index (χ1) is 12.8. The number of carbonyl (C=O) groups is 2. The van der Waals surface area contributed by atoms with Crippen molar-refractivity contribution in [1.82, 2.24) is 4.98 Å². The zero-order chi connectivity index (χ0) is 19.4. The number of ketones is 1. The first kappa shape index (κ1) is 19.1. The Hall–Kier alpha value is -2.71. The summed E-state index contributed by atoms with van der Waals surface area (Å²) < 4.78 is 27.7. The third-order valence-corrected chi connectivity index (χ3v) is 5.94. The molecule has 0 aliphatic heterocycles. The molecule has 0 atom stereocenters. The van der Waals surface area contributed by atoms with Crippen LogP contribution < -0.4 is 4.72 Å². The number of benzene rings is 2. The zero-order valence-electron chi connectivity index (χ0n) is 14.4. The molecule has 2 aromatic carbocycles. The van der Waals surface area contributed by atoms with E-state index >= 15 is 0 Å². The van der Waals surface area contributed by atoms with Crippen molar-refractivity contribution in [2.75, 3.05) is 10.5 Å². The first-order valence-electron chi connectivity index (χ1n) is 7.99. The Balaban J connectivity index is 1.76. The number of hydrogen-bond donors (Lipinski definition) is 1. The maximum absolute atomic E-state index is 12.6. The predicted molar refractivity (Wildman–Crippen MR) is 106 cm³/mol. The molecule has 1 aromatic heterocycles. The van der Waals surface area contributed by atoms with Crippen molar-refractivity contribution >= 4 is 49.3 Å². The molecule has 6 nitrogen and oxygen atoms in total. The fourth-order valence-electron chi connectivity index (χ4n) is 2.41. The molecule has 8 heteroatoms. The maximum Gasteiger partial charge on any atom is 0.261 e. The zero-order valence-corrected chi connectivity index (χ0v) is 16.0.